The third-order valence-electron chi connectivity index (χ3n) is 1.97. The van der Waals surface area contributed by atoms with Crippen molar-refractivity contribution in [3.8, 4) is 0 Å². The van der Waals surface area contributed by atoms with Crippen LogP contribution in [-0.4, -0.2) is 21.2 Å². The first-order valence-corrected chi connectivity index (χ1v) is 5.95. The van der Waals surface area contributed by atoms with Gasteiger partial charge in [0.25, 0.3) is 0 Å². The molecular weight excluding hydrogens is 241 g/mol. The molecule has 0 atom stereocenters. The molecule has 3 N–H and O–H groups in total. The van der Waals surface area contributed by atoms with Crippen LogP contribution < -0.4 is 11.1 Å². The largest absolute Gasteiger partial charge is 0.384 e. The molecule has 0 bridgehead atoms. The second kappa shape index (κ2) is 4.96. The molecule has 0 aliphatic carbocycles. The topological polar surface area (TPSA) is 76.7 Å². The fourth-order valence-electron chi connectivity index (χ4n) is 1.23. The van der Waals surface area contributed by atoms with E-state index in [1.165, 1.54) is 24.2 Å². The third-order valence-corrected chi connectivity index (χ3v) is 2.72. The molecule has 17 heavy (non-hydrogen) atoms. The summed E-state index contributed by atoms with van der Waals surface area (Å²) in [5.74, 6) is 1.04. The first-order valence-electron chi connectivity index (χ1n) is 4.73. The Balaban J connectivity index is 2.29. The van der Waals surface area contributed by atoms with Gasteiger partial charge in [-0.05, 0) is 12.3 Å². The van der Waals surface area contributed by atoms with Crippen LogP contribution in [0.2, 0.25) is 0 Å². The molecule has 0 amide bonds. The Labute approximate surface area is 102 Å². The van der Waals surface area contributed by atoms with E-state index in [-0.39, 0.29) is 5.82 Å². The molecule has 2 heterocycles. The number of nitrogens with zero attached hydrogens (tertiary/aromatic N) is 3. The molecule has 0 aliphatic rings. The maximum absolute atomic E-state index is 13.0. The number of aromatic nitrogens is 3. The molecular formula is C10H10FN5S. The lowest BCUT2D eigenvalue weighted by atomic mass is 10.4. The molecule has 0 aliphatic heterocycles. The molecule has 0 unspecified atom stereocenters. The van der Waals surface area contributed by atoms with Crippen molar-refractivity contribution >= 4 is 29.2 Å². The summed E-state index contributed by atoms with van der Waals surface area (Å²) in [5.41, 5.74) is 5.53. The Kier molecular flexibility index (Phi) is 3.38. The summed E-state index contributed by atoms with van der Waals surface area (Å²) in [6.07, 6.45) is 4.34. The Morgan fingerprint density at radius 2 is 2.12 bits per heavy atom. The summed E-state index contributed by atoms with van der Waals surface area (Å²) in [6.45, 7) is 0. The molecule has 0 radical (unpaired) electrons. The van der Waals surface area contributed by atoms with E-state index in [0.29, 0.717) is 22.3 Å². The van der Waals surface area contributed by atoms with Crippen LogP contribution in [0.3, 0.4) is 0 Å². The first-order chi connectivity index (χ1) is 8.19. The number of anilines is 3. The summed E-state index contributed by atoms with van der Waals surface area (Å²) < 4.78 is 13.0. The number of nitrogens with two attached hydrogens (primary N) is 1. The van der Waals surface area contributed by atoms with Gasteiger partial charge in [-0.3, -0.25) is 0 Å². The zero-order valence-corrected chi connectivity index (χ0v) is 9.83. The maximum atomic E-state index is 13.0. The minimum Gasteiger partial charge on any atom is -0.384 e. The van der Waals surface area contributed by atoms with Gasteiger partial charge in [-0.25, -0.2) is 19.3 Å². The van der Waals surface area contributed by atoms with Crippen LogP contribution in [0, 0.1) is 5.82 Å². The quantitative estimate of drug-likeness (QED) is 0.813. The van der Waals surface area contributed by atoms with Crippen molar-refractivity contribution in [2.75, 3.05) is 17.3 Å². The Morgan fingerprint density at radius 1 is 1.29 bits per heavy atom. The Hall–Kier alpha value is -1.89. The SMILES string of the molecule is CSc1cc(F)cnc1Nc1cc(N)ncn1. The molecule has 88 valence electrons. The molecule has 5 nitrogen and oxygen atoms in total. The number of halogens is 1. The van der Waals surface area contributed by atoms with Gasteiger partial charge in [0.05, 0.1) is 11.1 Å². The van der Waals surface area contributed by atoms with Crippen molar-refractivity contribution in [1.29, 1.82) is 0 Å². The van der Waals surface area contributed by atoms with E-state index in [4.69, 9.17) is 5.73 Å². The van der Waals surface area contributed by atoms with Crippen molar-refractivity contribution in [1.82, 2.24) is 15.0 Å². The minimum absolute atomic E-state index is 0.357. The van der Waals surface area contributed by atoms with Crippen molar-refractivity contribution < 1.29 is 4.39 Å². The molecule has 0 saturated carbocycles. The van der Waals surface area contributed by atoms with Gasteiger partial charge in [0, 0.05) is 6.07 Å². The van der Waals surface area contributed by atoms with Crippen LogP contribution in [0.4, 0.5) is 21.8 Å². The van der Waals surface area contributed by atoms with E-state index >= 15 is 0 Å². The molecule has 2 aromatic rings. The average molecular weight is 251 g/mol. The highest BCUT2D eigenvalue weighted by Gasteiger charge is 2.06. The molecule has 0 saturated heterocycles. The number of hydrogen-bond acceptors (Lipinski definition) is 6. The van der Waals surface area contributed by atoms with Gasteiger partial charge in [-0.2, -0.15) is 0 Å². The van der Waals surface area contributed by atoms with Gasteiger partial charge in [-0.1, -0.05) is 0 Å². The number of pyridine rings is 1. The third kappa shape index (κ3) is 2.82. The average Bonchev–Trinajstić information content (AvgIpc) is 2.31. The zero-order chi connectivity index (χ0) is 12.3. The highest BCUT2D eigenvalue weighted by molar-refractivity contribution is 7.98. The number of hydrogen-bond donors (Lipinski definition) is 2. The van der Waals surface area contributed by atoms with Crippen molar-refractivity contribution in [2.24, 2.45) is 0 Å². The van der Waals surface area contributed by atoms with E-state index in [9.17, 15) is 4.39 Å². The van der Waals surface area contributed by atoms with Crippen LogP contribution in [0.1, 0.15) is 0 Å². The summed E-state index contributed by atoms with van der Waals surface area (Å²) >= 11 is 1.39. The standard InChI is InChI=1S/C10H10FN5S/c1-17-7-2-6(11)4-13-10(7)16-9-3-8(12)14-5-15-9/h2-5H,1H3,(H3,12,13,14,15,16). The van der Waals surface area contributed by atoms with Gasteiger partial charge >= 0.3 is 0 Å². The van der Waals surface area contributed by atoms with Crippen LogP contribution >= 0.6 is 11.8 Å². The summed E-state index contributed by atoms with van der Waals surface area (Å²) in [4.78, 5) is 12.4. The minimum atomic E-state index is -0.373. The normalized spacial score (nSPS) is 10.2. The van der Waals surface area contributed by atoms with Gasteiger partial charge in [0.15, 0.2) is 0 Å². The fraction of sp³-hybridized carbons (Fsp3) is 0.100. The molecule has 0 spiro atoms. The molecule has 0 fully saturated rings. The zero-order valence-electron chi connectivity index (χ0n) is 9.01. The predicted molar refractivity (Wildman–Crippen MR) is 65.7 cm³/mol. The first kappa shape index (κ1) is 11.6. The van der Waals surface area contributed by atoms with E-state index < -0.39 is 0 Å². The highest BCUT2D eigenvalue weighted by Crippen LogP contribution is 2.26. The van der Waals surface area contributed by atoms with Crippen LogP contribution in [0.5, 0.6) is 0 Å². The van der Waals surface area contributed by atoms with E-state index in [1.54, 1.807) is 6.07 Å². The van der Waals surface area contributed by atoms with Gasteiger partial charge in [0.2, 0.25) is 0 Å². The predicted octanol–water partition coefficient (Wildman–Crippen LogP) is 2.06. The Bertz CT molecular complexity index is 534. The lowest BCUT2D eigenvalue weighted by Gasteiger charge is -2.08. The van der Waals surface area contributed by atoms with E-state index in [0.717, 1.165) is 6.20 Å². The number of thioether (sulfide) groups is 1. The van der Waals surface area contributed by atoms with Crippen molar-refractivity contribution in [2.45, 2.75) is 4.90 Å². The summed E-state index contributed by atoms with van der Waals surface area (Å²) in [5, 5.41) is 2.96. The maximum Gasteiger partial charge on any atom is 0.145 e. The van der Waals surface area contributed by atoms with Crippen molar-refractivity contribution in [3.63, 3.8) is 0 Å². The monoisotopic (exact) mass is 251 g/mol. The number of nitrogens with one attached hydrogen (secondary N) is 1. The lowest BCUT2D eigenvalue weighted by Crippen LogP contribution is -2.00. The number of rotatable bonds is 3. The van der Waals surface area contributed by atoms with Crippen LogP contribution in [-0.2, 0) is 0 Å². The fourth-order valence-corrected chi connectivity index (χ4v) is 1.76. The second-order valence-electron chi connectivity index (χ2n) is 3.16. The molecule has 0 aromatic carbocycles. The van der Waals surface area contributed by atoms with Gasteiger partial charge in [-0.15, -0.1) is 11.8 Å². The summed E-state index contributed by atoms with van der Waals surface area (Å²) in [7, 11) is 0. The number of nitrogen functional groups attached to an aromatic ring is 1. The lowest BCUT2D eigenvalue weighted by molar-refractivity contribution is 0.617. The Morgan fingerprint density at radius 3 is 2.82 bits per heavy atom. The highest BCUT2D eigenvalue weighted by atomic mass is 32.2. The van der Waals surface area contributed by atoms with E-state index in [1.807, 2.05) is 6.26 Å². The van der Waals surface area contributed by atoms with Crippen LogP contribution in [0.25, 0.3) is 0 Å². The molecule has 2 aromatic heterocycles. The summed E-state index contributed by atoms with van der Waals surface area (Å²) in [6, 6.07) is 2.99. The molecule has 7 heteroatoms. The second-order valence-corrected chi connectivity index (χ2v) is 4.01. The van der Waals surface area contributed by atoms with Crippen LogP contribution in [0.15, 0.2) is 29.6 Å². The van der Waals surface area contributed by atoms with E-state index in [2.05, 4.69) is 20.3 Å². The van der Waals surface area contributed by atoms with Gasteiger partial charge in [0.1, 0.15) is 29.6 Å². The molecule has 2 rings (SSSR count). The van der Waals surface area contributed by atoms with Crippen molar-refractivity contribution in [3.05, 3.63) is 30.5 Å². The van der Waals surface area contributed by atoms with Gasteiger partial charge < -0.3 is 11.1 Å². The smallest absolute Gasteiger partial charge is 0.145 e.